The molecule has 2 aromatic carbocycles. The number of amides is 1. The maximum atomic E-state index is 12.8. The lowest BCUT2D eigenvalue weighted by Crippen LogP contribution is -2.31. The number of carbonyl (C=O) groups excluding carboxylic acids is 1. The molecule has 0 N–H and O–H groups in total. The van der Waals surface area contributed by atoms with Gasteiger partial charge in [-0.25, -0.2) is 0 Å². The minimum absolute atomic E-state index is 0.153. The highest BCUT2D eigenvalue weighted by atomic mass is 35.5. The molecule has 1 aromatic heterocycles. The Bertz CT molecular complexity index is 921. The molecule has 0 saturated heterocycles. The molecule has 140 valence electrons. The van der Waals surface area contributed by atoms with Crippen molar-refractivity contribution in [2.75, 3.05) is 13.7 Å². The summed E-state index contributed by atoms with van der Waals surface area (Å²) in [7, 11) is 1.60. The van der Waals surface area contributed by atoms with Crippen LogP contribution >= 0.6 is 23.2 Å². The van der Waals surface area contributed by atoms with Crippen molar-refractivity contribution in [3.8, 4) is 17.1 Å². The quantitative estimate of drug-likeness (QED) is 0.593. The molecule has 8 heteroatoms. The van der Waals surface area contributed by atoms with Gasteiger partial charge in [0.25, 0.3) is 5.91 Å². The zero-order valence-corrected chi connectivity index (χ0v) is 16.3. The predicted octanol–water partition coefficient (Wildman–Crippen LogP) is 4.71. The SMILES string of the molecule is CCN(Cc1nc(-c2ccc(OC)cc2)no1)C(=O)c1c(Cl)cccc1Cl. The van der Waals surface area contributed by atoms with Gasteiger partial charge in [-0.1, -0.05) is 34.4 Å². The molecule has 1 heterocycles. The lowest BCUT2D eigenvalue weighted by molar-refractivity contribution is 0.0735. The summed E-state index contributed by atoms with van der Waals surface area (Å²) in [6.45, 7) is 2.43. The fourth-order valence-electron chi connectivity index (χ4n) is 2.53. The Balaban J connectivity index is 1.79. The minimum Gasteiger partial charge on any atom is -0.497 e. The molecular formula is C19H17Cl2N3O3. The van der Waals surface area contributed by atoms with E-state index < -0.39 is 0 Å². The average molecular weight is 406 g/mol. The summed E-state index contributed by atoms with van der Waals surface area (Å²) in [4.78, 5) is 18.7. The number of hydrogen-bond donors (Lipinski definition) is 0. The van der Waals surface area contributed by atoms with Crippen LogP contribution in [-0.4, -0.2) is 34.6 Å². The number of hydrogen-bond acceptors (Lipinski definition) is 5. The highest BCUT2D eigenvalue weighted by molar-refractivity contribution is 6.39. The van der Waals surface area contributed by atoms with Crippen LogP contribution in [0, 0.1) is 0 Å². The van der Waals surface area contributed by atoms with Gasteiger partial charge in [0.2, 0.25) is 11.7 Å². The van der Waals surface area contributed by atoms with Gasteiger partial charge in [-0.05, 0) is 43.3 Å². The van der Waals surface area contributed by atoms with Gasteiger partial charge in [-0.3, -0.25) is 4.79 Å². The third kappa shape index (κ3) is 4.23. The Morgan fingerprint density at radius 3 is 2.41 bits per heavy atom. The van der Waals surface area contributed by atoms with Gasteiger partial charge in [-0.15, -0.1) is 0 Å². The first-order valence-electron chi connectivity index (χ1n) is 8.23. The summed E-state index contributed by atoms with van der Waals surface area (Å²) in [6, 6.07) is 12.2. The van der Waals surface area contributed by atoms with Gasteiger partial charge in [-0.2, -0.15) is 4.98 Å². The number of aromatic nitrogens is 2. The normalized spacial score (nSPS) is 10.7. The number of carbonyl (C=O) groups is 1. The Kier molecular flexibility index (Phi) is 5.98. The standard InChI is InChI=1S/C19H17Cl2N3O3/c1-3-24(19(25)17-14(20)5-4-6-15(17)21)11-16-22-18(23-27-16)12-7-9-13(26-2)10-8-12/h4-10H,3,11H2,1-2H3. The Morgan fingerprint density at radius 1 is 1.15 bits per heavy atom. The summed E-state index contributed by atoms with van der Waals surface area (Å²) >= 11 is 12.3. The molecule has 0 unspecified atom stereocenters. The third-order valence-electron chi connectivity index (χ3n) is 3.99. The molecule has 0 aliphatic rings. The Hall–Kier alpha value is -2.57. The van der Waals surface area contributed by atoms with Crippen LogP contribution in [0.4, 0.5) is 0 Å². The summed E-state index contributed by atoms with van der Waals surface area (Å²) in [5.41, 5.74) is 1.05. The molecule has 0 aliphatic heterocycles. The van der Waals surface area contributed by atoms with E-state index in [1.807, 2.05) is 31.2 Å². The number of rotatable bonds is 6. The van der Waals surface area contributed by atoms with Crippen LogP contribution in [0.15, 0.2) is 47.0 Å². The molecule has 0 radical (unpaired) electrons. The summed E-state index contributed by atoms with van der Waals surface area (Å²) < 4.78 is 10.4. The number of benzene rings is 2. The summed E-state index contributed by atoms with van der Waals surface area (Å²) in [5, 5.41) is 4.58. The van der Waals surface area contributed by atoms with E-state index >= 15 is 0 Å². The summed E-state index contributed by atoms with van der Waals surface area (Å²) in [6.07, 6.45) is 0. The van der Waals surface area contributed by atoms with E-state index in [0.717, 1.165) is 11.3 Å². The second kappa shape index (κ2) is 8.41. The van der Waals surface area contributed by atoms with E-state index in [9.17, 15) is 4.79 Å². The Morgan fingerprint density at radius 2 is 1.81 bits per heavy atom. The number of ether oxygens (including phenoxy) is 1. The molecule has 0 spiro atoms. The zero-order chi connectivity index (χ0) is 19.4. The van der Waals surface area contributed by atoms with E-state index in [2.05, 4.69) is 10.1 Å². The second-order valence-corrected chi connectivity index (χ2v) is 6.47. The van der Waals surface area contributed by atoms with Crippen molar-refractivity contribution in [1.29, 1.82) is 0 Å². The van der Waals surface area contributed by atoms with Gasteiger partial charge in [0, 0.05) is 12.1 Å². The summed E-state index contributed by atoms with van der Waals surface area (Å²) in [5.74, 6) is 1.20. The molecule has 3 aromatic rings. The smallest absolute Gasteiger partial charge is 0.257 e. The predicted molar refractivity (Wildman–Crippen MR) is 103 cm³/mol. The van der Waals surface area contributed by atoms with Crippen LogP contribution in [0.5, 0.6) is 5.75 Å². The van der Waals surface area contributed by atoms with Crippen LogP contribution in [0.3, 0.4) is 0 Å². The maximum absolute atomic E-state index is 12.8. The third-order valence-corrected chi connectivity index (χ3v) is 4.62. The highest BCUT2D eigenvalue weighted by Gasteiger charge is 2.22. The van der Waals surface area contributed by atoms with Gasteiger partial charge in [0.05, 0.1) is 22.7 Å². The van der Waals surface area contributed by atoms with E-state index in [1.54, 1.807) is 30.2 Å². The fourth-order valence-corrected chi connectivity index (χ4v) is 3.09. The molecule has 0 saturated carbocycles. The molecule has 0 aliphatic carbocycles. The van der Waals surface area contributed by atoms with Crippen molar-refractivity contribution < 1.29 is 14.1 Å². The fraction of sp³-hybridized carbons (Fsp3) is 0.211. The molecule has 27 heavy (non-hydrogen) atoms. The first-order valence-corrected chi connectivity index (χ1v) is 8.99. The lowest BCUT2D eigenvalue weighted by atomic mass is 10.2. The number of nitrogens with zero attached hydrogens (tertiary/aromatic N) is 3. The minimum atomic E-state index is -0.294. The average Bonchev–Trinajstić information content (AvgIpc) is 3.14. The van der Waals surface area contributed by atoms with E-state index in [0.29, 0.717) is 28.3 Å². The van der Waals surface area contributed by atoms with Crippen molar-refractivity contribution in [3.63, 3.8) is 0 Å². The monoisotopic (exact) mass is 405 g/mol. The molecular weight excluding hydrogens is 389 g/mol. The van der Waals surface area contributed by atoms with E-state index in [4.69, 9.17) is 32.5 Å². The van der Waals surface area contributed by atoms with Crippen molar-refractivity contribution in [3.05, 3.63) is 64.0 Å². The van der Waals surface area contributed by atoms with Crippen LogP contribution in [0.2, 0.25) is 10.0 Å². The highest BCUT2D eigenvalue weighted by Crippen LogP contribution is 2.26. The van der Waals surface area contributed by atoms with Crippen molar-refractivity contribution in [1.82, 2.24) is 15.0 Å². The van der Waals surface area contributed by atoms with Crippen LogP contribution in [0.25, 0.3) is 11.4 Å². The van der Waals surface area contributed by atoms with Crippen LogP contribution < -0.4 is 4.74 Å². The molecule has 6 nitrogen and oxygen atoms in total. The topological polar surface area (TPSA) is 68.5 Å². The first kappa shape index (κ1) is 19.2. The molecule has 3 rings (SSSR count). The van der Waals surface area contributed by atoms with Crippen molar-refractivity contribution in [2.45, 2.75) is 13.5 Å². The zero-order valence-electron chi connectivity index (χ0n) is 14.8. The molecule has 0 bridgehead atoms. The van der Waals surface area contributed by atoms with E-state index in [-0.39, 0.29) is 18.0 Å². The lowest BCUT2D eigenvalue weighted by Gasteiger charge is -2.20. The largest absolute Gasteiger partial charge is 0.497 e. The van der Waals surface area contributed by atoms with Crippen LogP contribution in [-0.2, 0) is 6.54 Å². The van der Waals surface area contributed by atoms with Crippen LogP contribution in [0.1, 0.15) is 23.2 Å². The number of methoxy groups -OCH3 is 1. The molecule has 0 fully saturated rings. The van der Waals surface area contributed by atoms with E-state index in [1.165, 1.54) is 0 Å². The maximum Gasteiger partial charge on any atom is 0.257 e. The first-order chi connectivity index (χ1) is 13.0. The van der Waals surface area contributed by atoms with Gasteiger partial charge in [0.15, 0.2) is 0 Å². The number of halogens is 2. The Labute approximate surface area is 166 Å². The molecule has 0 atom stereocenters. The molecule has 1 amide bonds. The van der Waals surface area contributed by atoms with Gasteiger partial charge in [0.1, 0.15) is 12.3 Å². The van der Waals surface area contributed by atoms with Gasteiger partial charge < -0.3 is 14.2 Å². The van der Waals surface area contributed by atoms with Crippen molar-refractivity contribution in [2.24, 2.45) is 0 Å². The van der Waals surface area contributed by atoms with Gasteiger partial charge >= 0.3 is 0 Å². The second-order valence-electron chi connectivity index (χ2n) is 5.66. The van der Waals surface area contributed by atoms with Crippen molar-refractivity contribution >= 4 is 29.1 Å².